The molecule has 1 N–H and O–H groups in total. The lowest BCUT2D eigenvalue weighted by Gasteiger charge is -2.38. The van der Waals surface area contributed by atoms with E-state index in [0.29, 0.717) is 0 Å². The van der Waals surface area contributed by atoms with Crippen LogP contribution in [0.5, 0.6) is 0 Å². The van der Waals surface area contributed by atoms with Crippen molar-refractivity contribution in [2.75, 3.05) is 19.6 Å². The van der Waals surface area contributed by atoms with Gasteiger partial charge in [0, 0.05) is 24.7 Å². The van der Waals surface area contributed by atoms with Crippen molar-refractivity contribution in [2.45, 2.75) is 18.4 Å². The maximum Gasteiger partial charge on any atom is 0.0920 e. The molecule has 0 aromatic heterocycles. The number of rotatable bonds is 4. The molecule has 0 spiro atoms. The lowest BCUT2D eigenvalue weighted by molar-refractivity contribution is -0.0233. The number of halogens is 1. The summed E-state index contributed by atoms with van der Waals surface area (Å²) in [6.07, 6.45) is 5.77. The first-order valence-electron chi connectivity index (χ1n) is 8.09. The Labute approximate surface area is 143 Å². The largest absolute Gasteiger partial charge is 0.385 e. The van der Waals surface area contributed by atoms with Crippen LogP contribution in [-0.2, 0) is 5.60 Å². The molecule has 2 nitrogen and oxygen atoms in total. The van der Waals surface area contributed by atoms with Crippen LogP contribution in [0.3, 0.4) is 0 Å². The molecule has 0 amide bonds. The minimum Gasteiger partial charge on any atom is -0.385 e. The lowest BCUT2D eigenvalue weighted by atomic mass is 9.84. The van der Waals surface area contributed by atoms with Gasteiger partial charge in [0.05, 0.1) is 5.60 Å². The molecule has 1 heterocycles. The Bertz CT molecular complexity index is 660. The van der Waals surface area contributed by atoms with Crippen LogP contribution >= 0.6 is 11.6 Å². The molecular weight excluding hydrogens is 306 g/mol. The summed E-state index contributed by atoms with van der Waals surface area (Å²) < 4.78 is 0. The smallest absolute Gasteiger partial charge is 0.0920 e. The summed E-state index contributed by atoms with van der Waals surface area (Å²) in [5.41, 5.74) is 1.41. The maximum atomic E-state index is 10.8. The Kier molecular flexibility index (Phi) is 5.16. The number of hydrogen-bond donors (Lipinski definition) is 1. The second-order valence-electron chi connectivity index (χ2n) is 6.12. The third-order valence-corrected chi connectivity index (χ3v) is 4.90. The first-order chi connectivity index (χ1) is 11.2. The monoisotopic (exact) mass is 327 g/mol. The topological polar surface area (TPSA) is 23.5 Å². The van der Waals surface area contributed by atoms with E-state index in [0.717, 1.165) is 48.6 Å². The minimum absolute atomic E-state index is 0.676. The van der Waals surface area contributed by atoms with Crippen LogP contribution in [0, 0.1) is 0 Å². The Morgan fingerprint density at radius 2 is 1.65 bits per heavy atom. The molecule has 1 fully saturated rings. The molecule has 0 aliphatic carbocycles. The van der Waals surface area contributed by atoms with Crippen molar-refractivity contribution < 1.29 is 5.11 Å². The van der Waals surface area contributed by atoms with Gasteiger partial charge in [-0.2, -0.15) is 0 Å². The van der Waals surface area contributed by atoms with Gasteiger partial charge < -0.3 is 5.11 Å². The average Bonchev–Trinajstić information content (AvgIpc) is 2.59. The summed E-state index contributed by atoms with van der Waals surface area (Å²) in [6, 6.07) is 17.9. The first kappa shape index (κ1) is 16.3. The molecule has 0 atom stereocenters. The predicted molar refractivity (Wildman–Crippen MR) is 96.5 cm³/mol. The van der Waals surface area contributed by atoms with E-state index < -0.39 is 5.60 Å². The maximum absolute atomic E-state index is 10.8. The van der Waals surface area contributed by atoms with Crippen molar-refractivity contribution >= 4 is 17.7 Å². The van der Waals surface area contributed by atoms with Gasteiger partial charge in [0.25, 0.3) is 0 Å². The fourth-order valence-corrected chi connectivity index (χ4v) is 3.28. The molecular formula is C20H22ClNO. The van der Waals surface area contributed by atoms with Crippen molar-refractivity contribution in [2.24, 2.45) is 0 Å². The van der Waals surface area contributed by atoms with Crippen LogP contribution in [0.1, 0.15) is 24.0 Å². The molecule has 0 saturated carbocycles. The molecule has 1 saturated heterocycles. The van der Waals surface area contributed by atoms with Gasteiger partial charge in [-0.25, -0.2) is 0 Å². The van der Waals surface area contributed by atoms with Crippen LogP contribution in [0.2, 0.25) is 5.02 Å². The Balaban J connectivity index is 1.55. The molecule has 2 aromatic carbocycles. The lowest BCUT2D eigenvalue weighted by Crippen LogP contribution is -2.42. The van der Waals surface area contributed by atoms with Crippen molar-refractivity contribution in [1.82, 2.24) is 4.90 Å². The van der Waals surface area contributed by atoms with Crippen LogP contribution in [0.15, 0.2) is 60.7 Å². The number of likely N-dealkylation sites (tertiary alicyclic amines) is 1. The number of nitrogens with zero attached hydrogens (tertiary/aromatic N) is 1. The minimum atomic E-state index is -0.676. The van der Waals surface area contributed by atoms with Gasteiger partial charge in [-0.05, 0) is 30.0 Å². The van der Waals surface area contributed by atoms with E-state index in [4.69, 9.17) is 11.6 Å². The molecule has 1 aliphatic rings. The zero-order valence-electron chi connectivity index (χ0n) is 13.2. The zero-order chi connectivity index (χ0) is 16.1. The summed E-state index contributed by atoms with van der Waals surface area (Å²) in [5.74, 6) is 0. The van der Waals surface area contributed by atoms with Crippen LogP contribution in [0.4, 0.5) is 0 Å². The SMILES string of the molecule is OC1(c2ccccc2)CCN(C/C=C/c2ccccc2Cl)CC1. The Hall–Kier alpha value is -1.61. The quantitative estimate of drug-likeness (QED) is 0.903. The summed E-state index contributed by atoms with van der Waals surface area (Å²) in [4.78, 5) is 2.37. The highest BCUT2D eigenvalue weighted by Crippen LogP contribution is 2.32. The Morgan fingerprint density at radius 1 is 1.00 bits per heavy atom. The van der Waals surface area contributed by atoms with Crippen LogP contribution in [-0.4, -0.2) is 29.6 Å². The van der Waals surface area contributed by atoms with Crippen molar-refractivity contribution in [3.8, 4) is 0 Å². The van der Waals surface area contributed by atoms with Gasteiger partial charge in [-0.3, -0.25) is 4.90 Å². The molecule has 0 unspecified atom stereocenters. The number of piperidine rings is 1. The van der Waals surface area contributed by atoms with Gasteiger partial charge in [-0.15, -0.1) is 0 Å². The number of hydrogen-bond acceptors (Lipinski definition) is 2. The normalized spacial score (nSPS) is 18.3. The second kappa shape index (κ2) is 7.31. The zero-order valence-corrected chi connectivity index (χ0v) is 13.9. The van der Waals surface area contributed by atoms with Crippen molar-refractivity contribution in [3.63, 3.8) is 0 Å². The fraction of sp³-hybridized carbons (Fsp3) is 0.300. The molecule has 3 rings (SSSR count). The highest BCUT2D eigenvalue weighted by molar-refractivity contribution is 6.32. The highest BCUT2D eigenvalue weighted by Gasteiger charge is 2.33. The molecule has 3 heteroatoms. The van der Waals surface area contributed by atoms with Crippen LogP contribution < -0.4 is 0 Å². The van der Waals surface area contributed by atoms with Gasteiger partial charge in [0.15, 0.2) is 0 Å². The molecule has 1 aliphatic heterocycles. The molecule has 120 valence electrons. The standard InChI is InChI=1S/C20H22ClNO/c21-19-11-5-4-7-17(19)8-6-14-22-15-12-20(23,13-16-22)18-9-2-1-3-10-18/h1-11,23H,12-16H2/b8-6+. The predicted octanol–water partition coefficient (Wildman–Crippen LogP) is 4.34. The van der Waals surface area contributed by atoms with E-state index in [-0.39, 0.29) is 0 Å². The van der Waals surface area contributed by atoms with E-state index >= 15 is 0 Å². The van der Waals surface area contributed by atoms with Crippen molar-refractivity contribution in [1.29, 1.82) is 0 Å². The van der Waals surface area contributed by atoms with Gasteiger partial charge in [-0.1, -0.05) is 72.3 Å². The summed E-state index contributed by atoms with van der Waals surface area (Å²) >= 11 is 6.15. The fourth-order valence-electron chi connectivity index (χ4n) is 3.08. The van der Waals surface area contributed by atoms with E-state index in [2.05, 4.69) is 17.1 Å². The second-order valence-corrected chi connectivity index (χ2v) is 6.53. The number of benzene rings is 2. The van der Waals surface area contributed by atoms with E-state index in [1.807, 2.05) is 54.6 Å². The van der Waals surface area contributed by atoms with Gasteiger partial charge in [0.1, 0.15) is 0 Å². The van der Waals surface area contributed by atoms with Gasteiger partial charge in [0.2, 0.25) is 0 Å². The summed E-state index contributed by atoms with van der Waals surface area (Å²) in [7, 11) is 0. The van der Waals surface area contributed by atoms with Crippen LogP contribution in [0.25, 0.3) is 6.08 Å². The molecule has 2 aromatic rings. The van der Waals surface area contributed by atoms with E-state index in [1.54, 1.807) is 0 Å². The summed E-state index contributed by atoms with van der Waals surface area (Å²) in [6.45, 7) is 2.69. The third-order valence-electron chi connectivity index (χ3n) is 4.56. The highest BCUT2D eigenvalue weighted by atomic mass is 35.5. The van der Waals surface area contributed by atoms with E-state index in [1.165, 1.54) is 0 Å². The first-order valence-corrected chi connectivity index (χ1v) is 8.46. The summed E-state index contributed by atoms with van der Waals surface area (Å²) in [5, 5.41) is 11.6. The average molecular weight is 328 g/mol. The molecule has 23 heavy (non-hydrogen) atoms. The molecule has 0 bridgehead atoms. The molecule has 0 radical (unpaired) electrons. The van der Waals surface area contributed by atoms with Gasteiger partial charge >= 0.3 is 0 Å². The third kappa shape index (κ3) is 4.03. The van der Waals surface area contributed by atoms with Crippen molar-refractivity contribution in [3.05, 3.63) is 76.8 Å². The Morgan fingerprint density at radius 3 is 2.35 bits per heavy atom. The number of aliphatic hydroxyl groups is 1. The van der Waals surface area contributed by atoms with E-state index in [9.17, 15) is 5.11 Å².